The Labute approximate surface area is 235 Å². The van der Waals surface area contributed by atoms with Crippen molar-refractivity contribution in [3.63, 3.8) is 0 Å². The minimum atomic E-state index is -1.08. The Morgan fingerprint density at radius 1 is 1.12 bits per heavy atom. The summed E-state index contributed by atoms with van der Waals surface area (Å²) in [7, 11) is 0. The molecule has 3 aromatic rings. The van der Waals surface area contributed by atoms with Crippen molar-refractivity contribution >= 4 is 11.8 Å². The number of fused-ring (bicyclic) bond motifs is 4. The normalized spacial score (nSPS) is 18.7. The van der Waals surface area contributed by atoms with Gasteiger partial charge in [-0.1, -0.05) is 41.6 Å². The van der Waals surface area contributed by atoms with Gasteiger partial charge in [0.15, 0.2) is 0 Å². The van der Waals surface area contributed by atoms with Crippen molar-refractivity contribution in [2.75, 3.05) is 32.8 Å². The maximum absolute atomic E-state index is 13.0. The predicted octanol–water partition coefficient (Wildman–Crippen LogP) is 2.14. The van der Waals surface area contributed by atoms with E-state index in [1.165, 1.54) is 12.5 Å². The summed E-state index contributed by atoms with van der Waals surface area (Å²) in [6.45, 7) is 7.20. The third-order valence-corrected chi connectivity index (χ3v) is 7.07. The molecule has 214 valence electrons. The van der Waals surface area contributed by atoms with Crippen molar-refractivity contribution in [1.29, 1.82) is 0 Å². The summed E-state index contributed by atoms with van der Waals surface area (Å²) < 4.78 is 7.80. The fraction of sp³-hybridized carbons (Fsp3) is 0.467. The third kappa shape index (κ3) is 8.62. The van der Waals surface area contributed by atoms with Crippen molar-refractivity contribution in [1.82, 2.24) is 30.5 Å². The number of nitrogens with one attached hydrogen (secondary N) is 2. The maximum atomic E-state index is 13.0. The van der Waals surface area contributed by atoms with Gasteiger partial charge < -0.3 is 25.4 Å². The van der Waals surface area contributed by atoms with Crippen molar-refractivity contribution < 1.29 is 19.4 Å². The molecule has 1 aromatic heterocycles. The van der Waals surface area contributed by atoms with E-state index < -0.39 is 24.0 Å². The lowest BCUT2D eigenvalue weighted by molar-refractivity contribution is -0.125. The molecule has 10 nitrogen and oxygen atoms in total. The number of aromatic nitrogens is 3. The van der Waals surface area contributed by atoms with Gasteiger partial charge in [-0.05, 0) is 56.5 Å². The molecule has 2 heterocycles. The molecule has 4 bridgehead atoms. The lowest BCUT2D eigenvalue weighted by atomic mass is 10.1. The summed E-state index contributed by atoms with van der Waals surface area (Å²) in [5.41, 5.74) is 3.48. The summed E-state index contributed by atoms with van der Waals surface area (Å²) in [5, 5.41) is 24.5. The predicted molar refractivity (Wildman–Crippen MR) is 152 cm³/mol. The lowest BCUT2D eigenvalue weighted by Gasteiger charge is -2.24. The smallest absolute Gasteiger partial charge is 0.252 e. The highest BCUT2D eigenvalue weighted by Gasteiger charge is 2.26. The van der Waals surface area contributed by atoms with E-state index in [2.05, 4.69) is 50.1 Å². The topological polar surface area (TPSA) is 122 Å². The van der Waals surface area contributed by atoms with Crippen LogP contribution in [0.25, 0.3) is 0 Å². The van der Waals surface area contributed by atoms with E-state index in [0.29, 0.717) is 37.6 Å². The van der Waals surface area contributed by atoms with Gasteiger partial charge in [-0.25, -0.2) is 0 Å². The Morgan fingerprint density at radius 3 is 2.75 bits per heavy atom. The zero-order chi connectivity index (χ0) is 28.3. The molecule has 0 fully saturated rings. The second-order valence-corrected chi connectivity index (χ2v) is 10.3. The van der Waals surface area contributed by atoms with Crippen molar-refractivity contribution in [3.8, 4) is 5.75 Å². The van der Waals surface area contributed by atoms with Crippen LogP contribution in [0.4, 0.5) is 0 Å². The minimum Gasteiger partial charge on any atom is -0.493 e. The molecule has 2 amide bonds. The van der Waals surface area contributed by atoms with E-state index in [1.54, 1.807) is 12.1 Å². The van der Waals surface area contributed by atoms with E-state index >= 15 is 0 Å². The van der Waals surface area contributed by atoms with Gasteiger partial charge in [-0.3, -0.25) is 14.3 Å². The van der Waals surface area contributed by atoms with Crippen molar-refractivity contribution in [3.05, 3.63) is 77.1 Å². The Morgan fingerprint density at radius 2 is 1.95 bits per heavy atom. The monoisotopic (exact) mass is 548 g/mol. The molecule has 1 aliphatic heterocycles. The fourth-order valence-corrected chi connectivity index (χ4v) is 4.70. The molecule has 0 aliphatic carbocycles. The molecule has 0 unspecified atom stereocenters. The minimum absolute atomic E-state index is 0.360. The average Bonchev–Trinajstić information content (AvgIpc) is 3.40. The molecule has 40 heavy (non-hydrogen) atoms. The number of ether oxygens (including phenoxy) is 1. The summed E-state index contributed by atoms with van der Waals surface area (Å²) in [5.74, 6) is -0.266. The first-order valence-electron chi connectivity index (χ1n) is 14.0. The van der Waals surface area contributed by atoms with Gasteiger partial charge in [0.1, 0.15) is 11.8 Å². The maximum Gasteiger partial charge on any atom is 0.252 e. The first-order chi connectivity index (χ1) is 19.4. The zero-order valence-corrected chi connectivity index (χ0v) is 23.4. The van der Waals surface area contributed by atoms with Gasteiger partial charge in [0, 0.05) is 50.8 Å². The number of aryl methyl sites for hydroxylation is 3. The number of aliphatic hydroxyl groups is 1. The van der Waals surface area contributed by atoms with E-state index in [-0.39, 0.29) is 0 Å². The van der Waals surface area contributed by atoms with Gasteiger partial charge in [0.25, 0.3) is 5.91 Å². The average molecular weight is 549 g/mol. The van der Waals surface area contributed by atoms with Gasteiger partial charge >= 0.3 is 0 Å². The van der Waals surface area contributed by atoms with E-state index in [4.69, 9.17) is 4.74 Å². The molecule has 4 rings (SSSR count). The number of benzene rings is 2. The van der Waals surface area contributed by atoms with Crippen LogP contribution >= 0.6 is 0 Å². The highest BCUT2D eigenvalue weighted by molar-refractivity contribution is 5.98. The van der Waals surface area contributed by atoms with Gasteiger partial charge in [-0.2, -0.15) is 0 Å². The van der Waals surface area contributed by atoms with Gasteiger partial charge in [0.2, 0.25) is 5.91 Å². The quantitative estimate of drug-likeness (QED) is 0.447. The number of rotatable bonds is 5. The molecule has 2 atom stereocenters. The summed E-state index contributed by atoms with van der Waals surface area (Å²) >= 11 is 0. The fourth-order valence-electron chi connectivity index (χ4n) is 4.70. The SMILES string of the molecule is Cc1ccc2cc1OCCCn1cc(nn1)CCN(CCCc1ccccc1)CCNC(=O)[C@H]([C@@H](C)O)NC2=O. The number of carbonyl (C=O) groups excluding carboxylic acids is 2. The summed E-state index contributed by atoms with van der Waals surface area (Å²) in [6, 6.07) is 14.5. The number of hydrogen-bond donors (Lipinski definition) is 3. The molecular weight excluding hydrogens is 508 g/mol. The highest BCUT2D eigenvalue weighted by atomic mass is 16.5. The molecule has 1 aliphatic rings. The van der Waals surface area contributed by atoms with E-state index in [9.17, 15) is 14.7 Å². The second-order valence-electron chi connectivity index (χ2n) is 10.3. The van der Waals surface area contributed by atoms with Crippen LogP contribution in [0.3, 0.4) is 0 Å². The van der Waals surface area contributed by atoms with Crippen LogP contribution in [-0.4, -0.2) is 81.7 Å². The molecule has 2 aromatic carbocycles. The Bertz CT molecular complexity index is 1250. The molecule has 0 saturated carbocycles. The number of hydrogen-bond acceptors (Lipinski definition) is 7. The number of nitrogens with zero attached hydrogens (tertiary/aromatic N) is 4. The Hall–Kier alpha value is -3.76. The summed E-state index contributed by atoms with van der Waals surface area (Å²) in [4.78, 5) is 28.3. The van der Waals surface area contributed by atoms with Crippen molar-refractivity contribution in [2.45, 2.75) is 58.2 Å². The Kier molecular flexibility index (Phi) is 10.7. The molecule has 0 saturated heterocycles. The standard InChI is InChI=1S/C30H40N6O4/c1-22-11-12-25-20-27(22)40-19-7-16-36-21-26(33-34-36)13-17-35(15-6-10-24-8-4-3-5-9-24)18-14-31-30(39)28(23(2)37)32-29(25)38/h3-5,8-9,11-12,20-21,23,28,37H,6-7,10,13-19H2,1-2H3,(H,31,39)(H,32,38)/t23-,28+/m1/s1. The number of aliphatic hydroxyl groups excluding tert-OH is 1. The number of amides is 2. The van der Waals surface area contributed by atoms with E-state index in [1.807, 2.05) is 29.9 Å². The molecule has 0 spiro atoms. The lowest BCUT2D eigenvalue weighted by Crippen LogP contribution is -2.53. The Balaban J connectivity index is 1.46. The first-order valence-corrected chi connectivity index (χ1v) is 14.0. The summed E-state index contributed by atoms with van der Waals surface area (Å²) in [6.07, 6.45) is 4.34. The zero-order valence-electron chi connectivity index (χ0n) is 23.4. The highest BCUT2D eigenvalue weighted by Crippen LogP contribution is 2.20. The van der Waals surface area contributed by atoms with Crippen LogP contribution in [0.2, 0.25) is 0 Å². The number of carbonyl (C=O) groups is 2. The molecule has 0 radical (unpaired) electrons. The van der Waals surface area contributed by atoms with Gasteiger partial charge in [-0.15, -0.1) is 5.10 Å². The van der Waals surface area contributed by atoms with Crippen LogP contribution in [0.15, 0.2) is 54.7 Å². The van der Waals surface area contributed by atoms with Gasteiger partial charge in [0.05, 0.1) is 18.4 Å². The van der Waals surface area contributed by atoms with Crippen LogP contribution in [0, 0.1) is 6.92 Å². The van der Waals surface area contributed by atoms with Crippen molar-refractivity contribution in [2.24, 2.45) is 0 Å². The van der Waals surface area contributed by atoms with Crippen LogP contribution in [-0.2, 0) is 24.2 Å². The van der Waals surface area contributed by atoms with Crippen LogP contribution < -0.4 is 15.4 Å². The van der Waals surface area contributed by atoms with Crippen LogP contribution in [0.5, 0.6) is 5.75 Å². The van der Waals surface area contributed by atoms with Crippen LogP contribution in [0.1, 0.15) is 46.9 Å². The molecule has 10 heteroatoms. The van der Waals surface area contributed by atoms with E-state index in [0.717, 1.165) is 50.0 Å². The molecule has 3 N–H and O–H groups in total. The second kappa shape index (κ2) is 14.6. The largest absolute Gasteiger partial charge is 0.493 e. The third-order valence-electron chi connectivity index (χ3n) is 7.07. The molecular formula is C30H40N6O4. The first kappa shape index (κ1) is 29.2.